The lowest BCUT2D eigenvalue weighted by Crippen LogP contribution is -2.34. The summed E-state index contributed by atoms with van der Waals surface area (Å²) >= 11 is 9.11. The molecule has 1 aromatic carbocycles. The normalized spacial score (nSPS) is 15.1. The van der Waals surface area contributed by atoms with E-state index in [0.29, 0.717) is 0 Å². The Hall–Kier alpha value is -0.340. The summed E-state index contributed by atoms with van der Waals surface area (Å²) in [6.45, 7) is 5.89. The molecule has 0 saturated carbocycles. The van der Waals surface area contributed by atoms with Crippen LogP contribution < -0.4 is 0 Å². The zero-order chi connectivity index (χ0) is 11.6. The van der Waals surface area contributed by atoms with Crippen LogP contribution in [0.5, 0.6) is 0 Å². The zero-order valence-electron chi connectivity index (χ0n) is 9.05. The fourth-order valence-corrected chi connectivity index (χ4v) is 2.21. The van der Waals surface area contributed by atoms with Crippen molar-refractivity contribution in [1.82, 2.24) is 0 Å². The molecule has 1 atom stereocenters. The first-order chi connectivity index (χ1) is 6.89. The molecule has 0 N–H and O–H groups in total. The van der Waals surface area contributed by atoms with E-state index in [1.54, 1.807) is 0 Å². The van der Waals surface area contributed by atoms with E-state index in [1.807, 2.05) is 45.0 Å². The van der Waals surface area contributed by atoms with Crippen LogP contribution in [0.1, 0.15) is 26.3 Å². The summed E-state index contributed by atoms with van der Waals surface area (Å²) in [5.41, 5.74) is 0.331. The van der Waals surface area contributed by atoms with Crippen molar-refractivity contribution in [3.63, 3.8) is 0 Å². The second-order valence-electron chi connectivity index (χ2n) is 4.14. The van der Waals surface area contributed by atoms with E-state index in [2.05, 4.69) is 15.9 Å². The number of hydrogen-bond donors (Lipinski definition) is 0. The summed E-state index contributed by atoms with van der Waals surface area (Å²) in [5.74, 6) is 0.164. The van der Waals surface area contributed by atoms with Gasteiger partial charge in [0, 0.05) is 4.47 Å². The molecule has 1 rings (SSSR count). The third-order valence-corrected chi connectivity index (χ3v) is 3.87. The van der Waals surface area contributed by atoms with Gasteiger partial charge in [-0.25, -0.2) is 0 Å². The van der Waals surface area contributed by atoms with Crippen molar-refractivity contribution in [2.75, 3.05) is 0 Å². The van der Waals surface area contributed by atoms with Gasteiger partial charge in [-0.2, -0.15) is 0 Å². The smallest absolute Gasteiger partial charge is 0.232 e. The standard InChI is InChI=1S/C12H14BrClO/c1-8(2)12(3,11(14)15)9-5-4-6-10(13)7-9/h4-8H,1-3H3. The minimum Gasteiger partial charge on any atom is -0.280 e. The summed E-state index contributed by atoms with van der Waals surface area (Å²) in [4.78, 5) is 11.6. The van der Waals surface area contributed by atoms with Gasteiger partial charge in [0.15, 0.2) is 0 Å². The van der Waals surface area contributed by atoms with Crippen LogP contribution in [0.2, 0.25) is 0 Å². The number of carbonyl (C=O) groups is 1. The summed E-state index contributed by atoms with van der Waals surface area (Å²) in [6.07, 6.45) is 0. The second-order valence-corrected chi connectivity index (χ2v) is 5.40. The Morgan fingerprint density at radius 2 is 2.07 bits per heavy atom. The largest absolute Gasteiger partial charge is 0.280 e. The van der Waals surface area contributed by atoms with Crippen molar-refractivity contribution in [3.05, 3.63) is 34.3 Å². The molecule has 0 aliphatic rings. The van der Waals surface area contributed by atoms with Crippen molar-refractivity contribution in [2.24, 2.45) is 5.92 Å². The molecule has 0 radical (unpaired) electrons. The van der Waals surface area contributed by atoms with Crippen LogP contribution in [0.15, 0.2) is 28.7 Å². The Bertz CT molecular complexity index is 376. The minimum absolute atomic E-state index is 0.164. The molecular weight excluding hydrogens is 275 g/mol. The number of rotatable bonds is 3. The van der Waals surface area contributed by atoms with Crippen LogP contribution in [0.25, 0.3) is 0 Å². The number of hydrogen-bond acceptors (Lipinski definition) is 1. The molecule has 15 heavy (non-hydrogen) atoms. The monoisotopic (exact) mass is 288 g/mol. The van der Waals surface area contributed by atoms with Gasteiger partial charge in [-0.05, 0) is 42.1 Å². The Morgan fingerprint density at radius 1 is 1.47 bits per heavy atom. The third-order valence-electron chi connectivity index (χ3n) is 2.99. The van der Waals surface area contributed by atoms with Crippen LogP contribution in [0, 0.1) is 5.92 Å². The fraction of sp³-hybridized carbons (Fsp3) is 0.417. The van der Waals surface area contributed by atoms with Gasteiger partial charge >= 0.3 is 0 Å². The molecule has 0 aliphatic heterocycles. The average molecular weight is 290 g/mol. The molecule has 0 aliphatic carbocycles. The molecule has 3 heteroatoms. The third kappa shape index (κ3) is 2.43. The topological polar surface area (TPSA) is 17.1 Å². The van der Waals surface area contributed by atoms with Crippen molar-refractivity contribution < 1.29 is 4.79 Å². The fourth-order valence-electron chi connectivity index (χ4n) is 1.49. The van der Waals surface area contributed by atoms with Crippen LogP contribution in [0.4, 0.5) is 0 Å². The highest BCUT2D eigenvalue weighted by Crippen LogP contribution is 2.35. The Kier molecular flexibility index (Phi) is 3.96. The highest BCUT2D eigenvalue weighted by molar-refractivity contribution is 9.10. The average Bonchev–Trinajstić information content (AvgIpc) is 2.15. The zero-order valence-corrected chi connectivity index (χ0v) is 11.4. The molecule has 0 heterocycles. The Balaban J connectivity index is 3.28. The first-order valence-corrected chi connectivity index (χ1v) is 6.02. The maximum Gasteiger partial charge on any atom is 0.232 e. The minimum atomic E-state index is -0.620. The van der Waals surface area contributed by atoms with Crippen LogP contribution in [-0.4, -0.2) is 5.24 Å². The molecule has 0 saturated heterocycles. The molecule has 1 aromatic rings. The molecule has 0 fully saturated rings. The van der Waals surface area contributed by atoms with E-state index in [-0.39, 0.29) is 11.2 Å². The Labute approximate surface area is 104 Å². The lowest BCUT2D eigenvalue weighted by atomic mass is 9.74. The van der Waals surface area contributed by atoms with Gasteiger partial charge in [0.1, 0.15) is 0 Å². The van der Waals surface area contributed by atoms with Gasteiger partial charge in [0.05, 0.1) is 5.41 Å². The highest BCUT2D eigenvalue weighted by Gasteiger charge is 2.37. The summed E-state index contributed by atoms with van der Waals surface area (Å²) in [6, 6.07) is 7.73. The predicted molar refractivity (Wildman–Crippen MR) is 67.2 cm³/mol. The van der Waals surface area contributed by atoms with E-state index in [9.17, 15) is 4.79 Å². The first-order valence-electron chi connectivity index (χ1n) is 4.85. The number of halogens is 2. The van der Waals surface area contributed by atoms with Crippen LogP contribution >= 0.6 is 27.5 Å². The quantitative estimate of drug-likeness (QED) is 0.765. The van der Waals surface area contributed by atoms with Gasteiger partial charge in [-0.1, -0.05) is 41.9 Å². The highest BCUT2D eigenvalue weighted by atomic mass is 79.9. The lowest BCUT2D eigenvalue weighted by Gasteiger charge is -2.30. The van der Waals surface area contributed by atoms with Crippen molar-refractivity contribution in [2.45, 2.75) is 26.2 Å². The maximum atomic E-state index is 11.6. The molecule has 82 valence electrons. The molecule has 1 unspecified atom stereocenters. The van der Waals surface area contributed by atoms with Crippen molar-refractivity contribution in [3.8, 4) is 0 Å². The van der Waals surface area contributed by atoms with E-state index in [1.165, 1.54) is 0 Å². The van der Waals surface area contributed by atoms with Crippen LogP contribution in [0.3, 0.4) is 0 Å². The van der Waals surface area contributed by atoms with E-state index in [4.69, 9.17) is 11.6 Å². The molecule has 0 amide bonds. The summed E-state index contributed by atoms with van der Waals surface area (Å²) in [7, 11) is 0. The molecule has 0 aromatic heterocycles. The van der Waals surface area contributed by atoms with E-state index >= 15 is 0 Å². The summed E-state index contributed by atoms with van der Waals surface area (Å²) in [5, 5.41) is -0.310. The van der Waals surface area contributed by atoms with Gasteiger partial charge in [0.2, 0.25) is 5.24 Å². The van der Waals surface area contributed by atoms with Gasteiger partial charge < -0.3 is 0 Å². The van der Waals surface area contributed by atoms with E-state index < -0.39 is 5.41 Å². The van der Waals surface area contributed by atoms with Crippen molar-refractivity contribution >= 4 is 32.8 Å². The molecule has 0 spiro atoms. The molecule has 1 nitrogen and oxygen atoms in total. The summed E-state index contributed by atoms with van der Waals surface area (Å²) < 4.78 is 0.963. The molecule has 0 bridgehead atoms. The van der Waals surface area contributed by atoms with Crippen LogP contribution in [-0.2, 0) is 10.2 Å². The van der Waals surface area contributed by atoms with E-state index in [0.717, 1.165) is 10.0 Å². The second kappa shape index (κ2) is 4.67. The Morgan fingerprint density at radius 3 is 2.47 bits per heavy atom. The van der Waals surface area contributed by atoms with Gasteiger partial charge in [-0.15, -0.1) is 0 Å². The number of carbonyl (C=O) groups excluding carboxylic acids is 1. The SMILES string of the molecule is CC(C)C(C)(C(=O)Cl)c1cccc(Br)c1. The maximum absolute atomic E-state index is 11.6. The lowest BCUT2D eigenvalue weighted by molar-refractivity contribution is -0.117. The van der Waals surface area contributed by atoms with Gasteiger partial charge in [0.25, 0.3) is 0 Å². The van der Waals surface area contributed by atoms with Gasteiger partial charge in [-0.3, -0.25) is 4.79 Å². The number of benzene rings is 1. The first kappa shape index (κ1) is 12.7. The predicted octanol–water partition coefficient (Wildman–Crippen LogP) is 4.13. The van der Waals surface area contributed by atoms with Crippen molar-refractivity contribution in [1.29, 1.82) is 0 Å². The molecular formula is C12H14BrClO.